The molecule has 0 bridgehead atoms. The fourth-order valence-corrected chi connectivity index (χ4v) is 3.16. The first-order valence-electron chi connectivity index (χ1n) is 7.82. The highest BCUT2D eigenvalue weighted by Crippen LogP contribution is 2.27. The second kappa shape index (κ2) is 7.70. The van der Waals surface area contributed by atoms with Crippen LogP contribution in [0.25, 0.3) is 0 Å². The predicted octanol–water partition coefficient (Wildman–Crippen LogP) is 3.12. The standard InChI is InChI=1S/C18H24N2O2S/c1-18(2,3)17-19-13-15(23-17)16(22)20(11-12-21)10-9-14-7-5-4-6-8-14/h4-8,13,21H,9-12H2,1-3H3. The van der Waals surface area contributed by atoms with Crippen molar-refractivity contribution in [2.75, 3.05) is 19.7 Å². The van der Waals surface area contributed by atoms with E-state index in [1.807, 2.05) is 30.3 Å². The molecule has 124 valence electrons. The van der Waals surface area contributed by atoms with Gasteiger partial charge in [-0.3, -0.25) is 4.79 Å². The van der Waals surface area contributed by atoms with Crippen LogP contribution in [0.3, 0.4) is 0 Å². The van der Waals surface area contributed by atoms with E-state index < -0.39 is 0 Å². The lowest BCUT2D eigenvalue weighted by atomic mass is 9.98. The Labute approximate surface area is 141 Å². The van der Waals surface area contributed by atoms with Gasteiger partial charge in [0.15, 0.2) is 0 Å². The average molecular weight is 332 g/mol. The Hall–Kier alpha value is -1.72. The maximum Gasteiger partial charge on any atom is 0.265 e. The molecule has 0 saturated heterocycles. The van der Waals surface area contributed by atoms with E-state index in [1.165, 1.54) is 16.9 Å². The molecule has 5 heteroatoms. The van der Waals surface area contributed by atoms with Gasteiger partial charge in [-0.05, 0) is 12.0 Å². The summed E-state index contributed by atoms with van der Waals surface area (Å²) in [6, 6.07) is 10.1. The van der Waals surface area contributed by atoms with Crippen molar-refractivity contribution in [2.45, 2.75) is 32.6 Å². The molecule has 0 aliphatic rings. The van der Waals surface area contributed by atoms with Crippen LogP contribution in [0.15, 0.2) is 36.5 Å². The summed E-state index contributed by atoms with van der Waals surface area (Å²) < 4.78 is 0. The van der Waals surface area contributed by atoms with Gasteiger partial charge in [0.05, 0.1) is 17.8 Å². The highest BCUT2D eigenvalue weighted by molar-refractivity contribution is 7.13. The van der Waals surface area contributed by atoms with Gasteiger partial charge in [0.2, 0.25) is 0 Å². The van der Waals surface area contributed by atoms with Crippen molar-refractivity contribution in [3.8, 4) is 0 Å². The number of hydrogen-bond donors (Lipinski definition) is 1. The summed E-state index contributed by atoms with van der Waals surface area (Å²) in [4.78, 5) is 19.4. The largest absolute Gasteiger partial charge is 0.395 e. The van der Waals surface area contributed by atoms with E-state index in [0.29, 0.717) is 18.0 Å². The summed E-state index contributed by atoms with van der Waals surface area (Å²) in [6.45, 7) is 7.15. The number of aliphatic hydroxyl groups is 1. The van der Waals surface area contributed by atoms with Crippen LogP contribution < -0.4 is 0 Å². The van der Waals surface area contributed by atoms with Gasteiger partial charge in [-0.15, -0.1) is 11.3 Å². The Morgan fingerprint density at radius 2 is 1.91 bits per heavy atom. The molecule has 2 aromatic rings. The van der Waals surface area contributed by atoms with Crippen molar-refractivity contribution in [1.29, 1.82) is 0 Å². The zero-order valence-corrected chi connectivity index (χ0v) is 14.8. The smallest absolute Gasteiger partial charge is 0.265 e. The molecule has 0 unspecified atom stereocenters. The van der Waals surface area contributed by atoms with Gasteiger partial charge in [0.1, 0.15) is 4.88 Å². The van der Waals surface area contributed by atoms with Crippen molar-refractivity contribution in [1.82, 2.24) is 9.88 Å². The van der Waals surface area contributed by atoms with Crippen LogP contribution in [-0.2, 0) is 11.8 Å². The summed E-state index contributed by atoms with van der Waals surface area (Å²) in [6.07, 6.45) is 2.43. The number of hydrogen-bond acceptors (Lipinski definition) is 4. The molecule has 0 spiro atoms. The first kappa shape index (κ1) is 17.6. The Morgan fingerprint density at radius 1 is 1.22 bits per heavy atom. The molecule has 0 saturated carbocycles. The van der Waals surface area contributed by atoms with E-state index in [9.17, 15) is 9.90 Å². The van der Waals surface area contributed by atoms with Crippen molar-refractivity contribution in [3.05, 3.63) is 52.0 Å². The first-order valence-corrected chi connectivity index (χ1v) is 8.64. The lowest BCUT2D eigenvalue weighted by Crippen LogP contribution is -2.34. The summed E-state index contributed by atoms with van der Waals surface area (Å²) in [7, 11) is 0. The number of rotatable bonds is 6. The first-order chi connectivity index (χ1) is 10.9. The summed E-state index contributed by atoms with van der Waals surface area (Å²) >= 11 is 1.44. The predicted molar refractivity (Wildman–Crippen MR) is 93.9 cm³/mol. The molecular formula is C18H24N2O2S. The van der Waals surface area contributed by atoms with Crippen molar-refractivity contribution in [3.63, 3.8) is 0 Å². The molecule has 2 rings (SSSR count). The number of thiazole rings is 1. The number of aliphatic hydroxyl groups excluding tert-OH is 1. The SMILES string of the molecule is CC(C)(C)c1ncc(C(=O)N(CCO)CCc2ccccc2)s1. The maximum absolute atomic E-state index is 12.7. The number of carbonyl (C=O) groups is 1. The summed E-state index contributed by atoms with van der Waals surface area (Å²) in [5, 5.41) is 10.2. The molecule has 23 heavy (non-hydrogen) atoms. The molecule has 0 aliphatic heterocycles. The quantitative estimate of drug-likeness (QED) is 0.884. The van der Waals surface area contributed by atoms with E-state index in [1.54, 1.807) is 11.1 Å². The number of benzene rings is 1. The molecule has 1 N–H and O–H groups in total. The molecular weight excluding hydrogens is 308 g/mol. The minimum atomic E-state index is -0.0605. The number of amides is 1. The van der Waals surface area contributed by atoms with Crippen LogP contribution >= 0.6 is 11.3 Å². The molecule has 1 heterocycles. The highest BCUT2D eigenvalue weighted by Gasteiger charge is 2.23. The van der Waals surface area contributed by atoms with Crippen molar-refractivity contribution < 1.29 is 9.90 Å². The average Bonchev–Trinajstić information content (AvgIpc) is 3.02. The van der Waals surface area contributed by atoms with E-state index in [0.717, 1.165) is 11.4 Å². The summed E-state index contributed by atoms with van der Waals surface area (Å²) in [5.74, 6) is -0.0528. The third-order valence-electron chi connectivity index (χ3n) is 3.53. The second-order valence-corrected chi connectivity index (χ2v) is 7.56. The Bertz CT molecular complexity index is 632. The molecule has 0 radical (unpaired) electrons. The third kappa shape index (κ3) is 4.88. The van der Waals surface area contributed by atoms with Crippen molar-refractivity contribution in [2.24, 2.45) is 0 Å². The Morgan fingerprint density at radius 3 is 2.48 bits per heavy atom. The zero-order chi connectivity index (χ0) is 16.9. The molecule has 1 aromatic carbocycles. The van der Waals surface area contributed by atoms with Crippen LogP contribution in [0.5, 0.6) is 0 Å². The van der Waals surface area contributed by atoms with Crippen LogP contribution in [0.1, 0.15) is 41.0 Å². The number of carbonyl (C=O) groups excluding carboxylic acids is 1. The minimum absolute atomic E-state index is 0.0362. The van der Waals surface area contributed by atoms with Gasteiger partial charge in [0.25, 0.3) is 5.91 Å². The molecule has 1 aromatic heterocycles. The van der Waals surface area contributed by atoms with Gasteiger partial charge in [-0.2, -0.15) is 0 Å². The van der Waals surface area contributed by atoms with Crippen molar-refractivity contribution >= 4 is 17.2 Å². The summed E-state index contributed by atoms with van der Waals surface area (Å²) in [5.41, 5.74) is 1.12. The number of nitrogens with zero attached hydrogens (tertiary/aromatic N) is 2. The number of aromatic nitrogens is 1. The molecule has 0 atom stereocenters. The van der Waals surface area contributed by atoms with Gasteiger partial charge < -0.3 is 10.0 Å². The molecule has 4 nitrogen and oxygen atoms in total. The Kier molecular flexibility index (Phi) is 5.91. The topological polar surface area (TPSA) is 53.4 Å². The fourth-order valence-electron chi connectivity index (χ4n) is 2.22. The van der Waals surface area contributed by atoms with E-state index in [2.05, 4.69) is 25.8 Å². The van der Waals surface area contributed by atoms with Gasteiger partial charge >= 0.3 is 0 Å². The monoisotopic (exact) mass is 332 g/mol. The Balaban J connectivity index is 2.07. The third-order valence-corrected chi connectivity index (χ3v) is 4.94. The highest BCUT2D eigenvalue weighted by atomic mass is 32.1. The van der Waals surface area contributed by atoms with Gasteiger partial charge in [-0.1, -0.05) is 51.1 Å². The normalized spacial score (nSPS) is 11.5. The minimum Gasteiger partial charge on any atom is -0.395 e. The van der Waals surface area contributed by atoms with Gasteiger partial charge in [-0.25, -0.2) is 4.98 Å². The van der Waals surface area contributed by atoms with E-state index >= 15 is 0 Å². The van der Waals surface area contributed by atoms with Crippen LogP contribution in [-0.4, -0.2) is 40.6 Å². The van der Waals surface area contributed by atoms with Crippen LogP contribution in [0.2, 0.25) is 0 Å². The fraction of sp³-hybridized carbons (Fsp3) is 0.444. The molecule has 0 fully saturated rings. The van der Waals surface area contributed by atoms with E-state index in [4.69, 9.17) is 0 Å². The lowest BCUT2D eigenvalue weighted by molar-refractivity contribution is 0.0728. The van der Waals surface area contributed by atoms with Gasteiger partial charge in [0, 0.05) is 18.5 Å². The maximum atomic E-state index is 12.7. The molecule has 1 amide bonds. The van der Waals surface area contributed by atoms with Crippen LogP contribution in [0.4, 0.5) is 0 Å². The molecule has 0 aliphatic carbocycles. The van der Waals surface area contributed by atoms with E-state index in [-0.39, 0.29) is 17.9 Å². The zero-order valence-electron chi connectivity index (χ0n) is 14.0. The lowest BCUT2D eigenvalue weighted by Gasteiger charge is -2.21. The second-order valence-electron chi connectivity index (χ2n) is 6.53. The van der Waals surface area contributed by atoms with Crippen LogP contribution in [0, 0.1) is 0 Å².